The highest BCUT2D eigenvalue weighted by Gasteiger charge is 2.44. The predicted molar refractivity (Wildman–Crippen MR) is 90.3 cm³/mol. The molecule has 1 aromatic carbocycles. The zero-order valence-corrected chi connectivity index (χ0v) is 14.3. The smallest absolute Gasteiger partial charge is 0.321 e. The third kappa shape index (κ3) is 5.52. The second-order valence-electron chi connectivity index (χ2n) is 6.07. The number of piperidine rings is 1. The fraction of sp³-hybridized carbons (Fsp3) is 0.556. The summed E-state index contributed by atoms with van der Waals surface area (Å²) < 4.78 is 11.0. The summed E-state index contributed by atoms with van der Waals surface area (Å²) in [4.78, 5) is 25.0. The molecule has 1 aliphatic rings. The van der Waals surface area contributed by atoms with Gasteiger partial charge in [0.1, 0.15) is 6.04 Å². The van der Waals surface area contributed by atoms with Crippen LogP contribution in [0.1, 0.15) is 18.9 Å². The second kappa shape index (κ2) is 9.50. The lowest BCUT2D eigenvalue weighted by Gasteiger charge is -2.40. The van der Waals surface area contributed by atoms with Crippen LogP contribution in [0.15, 0.2) is 30.3 Å². The van der Waals surface area contributed by atoms with Gasteiger partial charge in [0, 0.05) is 19.7 Å². The summed E-state index contributed by atoms with van der Waals surface area (Å²) in [6, 6.07) is 8.36. The first-order chi connectivity index (χ1) is 12.0. The summed E-state index contributed by atoms with van der Waals surface area (Å²) in [5, 5.41) is 19.1. The molecule has 1 heterocycles. The highest BCUT2D eigenvalue weighted by atomic mass is 16.5. The van der Waals surface area contributed by atoms with Crippen molar-refractivity contribution >= 4 is 11.9 Å². The van der Waals surface area contributed by atoms with Crippen LogP contribution in [0.5, 0.6) is 0 Å². The van der Waals surface area contributed by atoms with E-state index in [9.17, 15) is 19.8 Å². The van der Waals surface area contributed by atoms with E-state index in [-0.39, 0.29) is 12.5 Å². The molecule has 7 nitrogen and oxygen atoms in total. The normalized spacial score (nSPS) is 24.1. The molecule has 2 rings (SSSR count). The minimum absolute atomic E-state index is 0.184. The Morgan fingerprint density at radius 3 is 2.48 bits per heavy atom. The van der Waals surface area contributed by atoms with E-state index in [1.807, 2.05) is 37.3 Å². The van der Waals surface area contributed by atoms with Crippen molar-refractivity contribution in [3.05, 3.63) is 35.9 Å². The van der Waals surface area contributed by atoms with Gasteiger partial charge in [-0.05, 0) is 18.9 Å². The summed E-state index contributed by atoms with van der Waals surface area (Å²) in [6.45, 7) is 4.02. The Kier molecular flexibility index (Phi) is 7.36. The monoisotopic (exact) mass is 351 g/mol. The fourth-order valence-corrected chi connectivity index (χ4v) is 3.20. The maximum absolute atomic E-state index is 11.7. The van der Waals surface area contributed by atoms with Gasteiger partial charge in [-0.15, -0.1) is 0 Å². The van der Waals surface area contributed by atoms with Gasteiger partial charge in [-0.3, -0.25) is 14.5 Å². The van der Waals surface area contributed by atoms with Crippen molar-refractivity contribution in [1.29, 1.82) is 0 Å². The Bertz CT molecular complexity index is 564. The van der Waals surface area contributed by atoms with E-state index in [1.165, 1.54) is 0 Å². The Hall–Kier alpha value is -1.96. The van der Waals surface area contributed by atoms with Crippen LogP contribution in [-0.2, 0) is 25.6 Å². The van der Waals surface area contributed by atoms with Crippen LogP contribution in [0, 0.1) is 5.92 Å². The molecule has 3 atom stereocenters. The van der Waals surface area contributed by atoms with Crippen molar-refractivity contribution in [2.75, 3.05) is 26.4 Å². The minimum Gasteiger partial charge on any atom is -0.481 e. The molecule has 2 N–H and O–H groups in total. The van der Waals surface area contributed by atoms with Crippen molar-refractivity contribution < 1.29 is 29.3 Å². The summed E-state index contributed by atoms with van der Waals surface area (Å²) in [7, 11) is 0. The van der Waals surface area contributed by atoms with Crippen LogP contribution in [0.25, 0.3) is 0 Å². The van der Waals surface area contributed by atoms with Crippen molar-refractivity contribution in [3.8, 4) is 0 Å². The lowest BCUT2D eigenvalue weighted by molar-refractivity contribution is -0.164. The Morgan fingerprint density at radius 2 is 1.88 bits per heavy atom. The van der Waals surface area contributed by atoms with E-state index in [0.717, 1.165) is 5.56 Å². The molecule has 0 amide bonds. The molecule has 138 valence electrons. The van der Waals surface area contributed by atoms with Gasteiger partial charge >= 0.3 is 11.9 Å². The molecule has 0 unspecified atom stereocenters. The van der Waals surface area contributed by atoms with E-state index in [2.05, 4.69) is 0 Å². The number of aliphatic carboxylic acids is 2. The summed E-state index contributed by atoms with van der Waals surface area (Å²) >= 11 is 0. The SMILES string of the molecule is CCOCCO[C@@H]1C[C@H](C(=O)O)[C@@H](C(=O)O)N(Cc2ccccc2)C1. The highest BCUT2D eigenvalue weighted by molar-refractivity contribution is 5.83. The van der Waals surface area contributed by atoms with Crippen LogP contribution in [0.3, 0.4) is 0 Å². The largest absolute Gasteiger partial charge is 0.481 e. The standard InChI is InChI=1S/C18H25NO6/c1-2-24-8-9-25-14-10-15(17(20)21)16(18(22)23)19(12-14)11-13-6-4-3-5-7-13/h3-7,14-16H,2,8-12H2,1H3,(H,20,21)(H,22,23)/t14-,15+,16+/m1/s1. The van der Waals surface area contributed by atoms with Crippen molar-refractivity contribution in [2.45, 2.75) is 32.0 Å². The number of likely N-dealkylation sites (tertiary alicyclic amines) is 1. The molecule has 1 aromatic rings. The van der Waals surface area contributed by atoms with Gasteiger partial charge in [-0.2, -0.15) is 0 Å². The number of carbonyl (C=O) groups is 2. The van der Waals surface area contributed by atoms with Crippen LogP contribution in [0.2, 0.25) is 0 Å². The van der Waals surface area contributed by atoms with E-state index in [4.69, 9.17) is 9.47 Å². The first-order valence-electron chi connectivity index (χ1n) is 8.45. The third-order valence-corrected chi connectivity index (χ3v) is 4.31. The number of benzene rings is 1. The van der Waals surface area contributed by atoms with Crippen LogP contribution >= 0.6 is 0 Å². The number of carboxylic acids is 2. The highest BCUT2D eigenvalue weighted by Crippen LogP contribution is 2.28. The molecule has 7 heteroatoms. The van der Waals surface area contributed by atoms with Crippen molar-refractivity contribution in [3.63, 3.8) is 0 Å². The second-order valence-corrected chi connectivity index (χ2v) is 6.07. The topological polar surface area (TPSA) is 96.3 Å². The van der Waals surface area contributed by atoms with Gasteiger partial charge in [0.25, 0.3) is 0 Å². The zero-order valence-electron chi connectivity index (χ0n) is 14.3. The molecule has 1 saturated heterocycles. The summed E-state index contributed by atoms with van der Waals surface area (Å²) in [5.41, 5.74) is 0.938. The molecule has 0 saturated carbocycles. The number of nitrogens with zero attached hydrogens (tertiary/aromatic N) is 1. The van der Waals surface area contributed by atoms with Gasteiger partial charge in [0.15, 0.2) is 0 Å². The molecular formula is C18H25NO6. The number of hydrogen-bond acceptors (Lipinski definition) is 5. The van der Waals surface area contributed by atoms with Gasteiger partial charge < -0.3 is 19.7 Å². The maximum Gasteiger partial charge on any atom is 0.321 e. The zero-order chi connectivity index (χ0) is 18.2. The Balaban J connectivity index is 2.12. The number of ether oxygens (including phenoxy) is 2. The first-order valence-corrected chi connectivity index (χ1v) is 8.45. The van der Waals surface area contributed by atoms with E-state index >= 15 is 0 Å². The molecule has 25 heavy (non-hydrogen) atoms. The Labute approximate surface area is 147 Å². The first kappa shape index (κ1) is 19.4. The predicted octanol–water partition coefficient (Wildman–Crippen LogP) is 1.47. The van der Waals surface area contributed by atoms with Crippen molar-refractivity contribution in [2.24, 2.45) is 5.92 Å². The maximum atomic E-state index is 11.7. The van der Waals surface area contributed by atoms with E-state index < -0.39 is 23.9 Å². The van der Waals surface area contributed by atoms with E-state index in [0.29, 0.717) is 32.9 Å². The van der Waals surface area contributed by atoms with Gasteiger partial charge in [-0.1, -0.05) is 30.3 Å². The van der Waals surface area contributed by atoms with Crippen LogP contribution < -0.4 is 0 Å². The molecule has 0 aliphatic carbocycles. The quantitative estimate of drug-likeness (QED) is 0.650. The summed E-state index contributed by atoms with van der Waals surface area (Å²) in [5.74, 6) is -3.23. The summed E-state index contributed by atoms with van der Waals surface area (Å²) in [6.07, 6.45) is -0.148. The molecule has 0 radical (unpaired) electrons. The molecule has 0 bridgehead atoms. The molecule has 1 fully saturated rings. The number of rotatable bonds is 9. The number of carboxylic acid groups (broad SMARTS) is 2. The molecular weight excluding hydrogens is 326 g/mol. The van der Waals surface area contributed by atoms with Gasteiger partial charge in [0.2, 0.25) is 0 Å². The molecule has 0 aromatic heterocycles. The minimum atomic E-state index is -1.11. The van der Waals surface area contributed by atoms with Crippen LogP contribution in [-0.4, -0.2) is 65.6 Å². The average molecular weight is 351 g/mol. The van der Waals surface area contributed by atoms with E-state index in [1.54, 1.807) is 4.90 Å². The lowest BCUT2D eigenvalue weighted by Crippen LogP contribution is -2.56. The van der Waals surface area contributed by atoms with Crippen LogP contribution in [0.4, 0.5) is 0 Å². The molecule has 1 aliphatic heterocycles. The lowest BCUT2D eigenvalue weighted by atomic mass is 9.87. The number of hydrogen-bond donors (Lipinski definition) is 2. The van der Waals surface area contributed by atoms with Gasteiger partial charge in [0.05, 0.1) is 25.2 Å². The third-order valence-electron chi connectivity index (χ3n) is 4.31. The average Bonchev–Trinajstić information content (AvgIpc) is 2.59. The fourth-order valence-electron chi connectivity index (χ4n) is 3.20. The van der Waals surface area contributed by atoms with Crippen molar-refractivity contribution in [1.82, 2.24) is 4.90 Å². The Morgan fingerprint density at radius 1 is 1.16 bits per heavy atom. The van der Waals surface area contributed by atoms with Gasteiger partial charge in [-0.25, -0.2) is 0 Å². The molecule has 0 spiro atoms.